The van der Waals surface area contributed by atoms with E-state index in [2.05, 4.69) is 116 Å². The molecular weight excluding hydrogens is 494 g/mol. The molecule has 0 radical (unpaired) electrons. The number of nitrogens with zero attached hydrogens (tertiary/aromatic N) is 3. The Labute approximate surface area is 232 Å². The van der Waals surface area contributed by atoms with Crippen LogP contribution in [0.2, 0.25) is 0 Å². The first-order valence-corrected chi connectivity index (χ1v) is 13.6. The van der Waals surface area contributed by atoms with Crippen molar-refractivity contribution in [3.8, 4) is 22.6 Å². The first-order valence-electron chi connectivity index (χ1n) is 12.8. The second kappa shape index (κ2) is 9.76. The van der Waals surface area contributed by atoms with Crippen molar-refractivity contribution < 1.29 is 0 Å². The SMILES string of the molecule is CC1(C)c2cc(N(c3ccccc3)c3ccc4ccccc4c3)ccc2-c2sc(/C=C/C=C(C#N)C#N)cc21. The van der Waals surface area contributed by atoms with Gasteiger partial charge in [0.2, 0.25) is 0 Å². The van der Waals surface area contributed by atoms with Crippen LogP contribution in [-0.4, -0.2) is 0 Å². The van der Waals surface area contributed by atoms with Crippen molar-refractivity contribution in [2.45, 2.75) is 19.3 Å². The summed E-state index contributed by atoms with van der Waals surface area (Å²) < 4.78 is 0. The Balaban J connectivity index is 1.43. The summed E-state index contributed by atoms with van der Waals surface area (Å²) in [5.41, 5.74) is 7.20. The quantitative estimate of drug-likeness (QED) is 0.172. The summed E-state index contributed by atoms with van der Waals surface area (Å²) >= 11 is 1.75. The van der Waals surface area contributed by atoms with E-state index in [1.54, 1.807) is 23.5 Å². The van der Waals surface area contributed by atoms with Crippen molar-refractivity contribution in [3.05, 3.63) is 131 Å². The van der Waals surface area contributed by atoms with E-state index < -0.39 is 0 Å². The second-order valence-electron chi connectivity index (χ2n) is 10.1. The number of rotatable bonds is 5. The molecule has 4 heteroatoms. The summed E-state index contributed by atoms with van der Waals surface area (Å²) in [4.78, 5) is 4.72. The lowest BCUT2D eigenvalue weighted by Crippen LogP contribution is -2.16. The van der Waals surface area contributed by atoms with E-state index in [1.165, 1.54) is 32.3 Å². The number of fused-ring (bicyclic) bond motifs is 4. The molecule has 0 aliphatic heterocycles. The molecule has 1 heterocycles. The van der Waals surface area contributed by atoms with Crippen molar-refractivity contribution in [3.63, 3.8) is 0 Å². The van der Waals surface area contributed by atoms with Crippen LogP contribution < -0.4 is 4.90 Å². The molecule has 1 aromatic heterocycles. The average Bonchev–Trinajstić information content (AvgIpc) is 3.48. The van der Waals surface area contributed by atoms with Crippen LogP contribution in [0.4, 0.5) is 17.1 Å². The van der Waals surface area contributed by atoms with Gasteiger partial charge in [0.15, 0.2) is 0 Å². The van der Waals surface area contributed by atoms with Crippen LogP contribution in [-0.2, 0) is 5.41 Å². The number of nitriles is 2. The lowest BCUT2D eigenvalue weighted by atomic mass is 9.82. The van der Waals surface area contributed by atoms with Gasteiger partial charge in [0, 0.05) is 32.2 Å². The zero-order valence-corrected chi connectivity index (χ0v) is 22.5. The van der Waals surface area contributed by atoms with Gasteiger partial charge in [0.05, 0.1) is 0 Å². The molecule has 0 atom stereocenters. The largest absolute Gasteiger partial charge is 0.310 e. The molecule has 0 fully saturated rings. The van der Waals surface area contributed by atoms with Gasteiger partial charge in [-0.15, -0.1) is 11.3 Å². The number of hydrogen-bond donors (Lipinski definition) is 0. The Bertz CT molecular complexity index is 1840. The lowest BCUT2D eigenvalue weighted by Gasteiger charge is -2.28. The van der Waals surface area contributed by atoms with Crippen LogP contribution in [0.3, 0.4) is 0 Å². The fourth-order valence-electron chi connectivity index (χ4n) is 5.37. The monoisotopic (exact) mass is 519 g/mol. The Morgan fingerprint density at radius 3 is 2.21 bits per heavy atom. The number of benzene rings is 4. The van der Waals surface area contributed by atoms with Crippen LogP contribution in [0.25, 0.3) is 27.3 Å². The maximum absolute atomic E-state index is 8.97. The Morgan fingerprint density at radius 2 is 1.44 bits per heavy atom. The summed E-state index contributed by atoms with van der Waals surface area (Å²) in [6.45, 7) is 4.57. The molecule has 0 spiro atoms. The summed E-state index contributed by atoms with van der Waals surface area (Å²) in [5, 5.41) is 20.4. The van der Waals surface area contributed by atoms with Gasteiger partial charge in [-0.25, -0.2) is 0 Å². The molecule has 0 saturated heterocycles. The standard InChI is InChI=1S/C35H25N3S/c1-35(2)32-20-29(17-18-31(32)34-33(35)21-30(39-34)14-8-9-24(22-36)23-37)38(27-12-4-3-5-13-27)28-16-15-25-10-6-7-11-26(25)19-28/h3-21H,1-2H3/b14-8+. The normalized spacial score (nSPS) is 12.9. The highest BCUT2D eigenvalue weighted by molar-refractivity contribution is 7.16. The number of hydrogen-bond acceptors (Lipinski definition) is 4. The van der Waals surface area contributed by atoms with E-state index in [-0.39, 0.29) is 11.0 Å². The molecule has 39 heavy (non-hydrogen) atoms. The van der Waals surface area contributed by atoms with E-state index in [9.17, 15) is 0 Å². The summed E-state index contributed by atoms with van der Waals surface area (Å²) in [7, 11) is 0. The van der Waals surface area contributed by atoms with Gasteiger partial charge in [0.1, 0.15) is 17.7 Å². The number of para-hydroxylation sites is 1. The lowest BCUT2D eigenvalue weighted by molar-refractivity contribution is 0.662. The summed E-state index contributed by atoms with van der Waals surface area (Å²) in [5.74, 6) is 0. The first kappa shape index (κ1) is 24.4. The molecule has 3 nitrogen and oxygen atoms in total. The van der Waals surface area contributed by atoms with Crippen molar-refractivity contribution in [2.75, 3.05) is 4.90 Å². The van der Waals surface area contributed by atoms with Crippen molar-refractivity contribution in [1.82, 2.24) is 0 Å². The Kier molecular flexibility index (Phi) is 6.12. The number of allylic oxidation sites excluding steroid dienone is 3. The molecular formula is C35H25N3S. The van der Waals surface area contributed by atoms with Crippen LogP contribution >= 0.6 is 11.3 Å². The number of anilines is 3. The molecule has 0 N–H and O–H groups in total. The van der Waals surface area contributed by atoms with Crippen molar-refractivity contribution in [1.29, 1.82) is 10.5 Å². The minimum absolute atomic E-state index is 0.0999. The average molecular weight is 520 g/mol. The smallest absolute Gasteiger partial charge is 0.129 e. The summed E-state index contributed by atoms with van der Waals surface area (Å²) in [6.07, 6.45) is 5.31. The molecule has 1 aliphatic carbocycles. The van der Waals surface area contributed by atoms with Crippen molar-refractivity contribution >= 4 is 45.2 Å². The van der Waals surface area contributed by atoms with Gasteiger partial charge in [-0.1, -0.05) is 74.5 Å². The van der Waals surface area contributed by atoms with E-state index in [1.807, 2.05) is 18.2 Å². The van der Waals surface area contributed by atoms with Gasteiger partial charge < -0.3 is 4.90 Å². The molecule has 186 valence electrons. The van der Waals surface area contributed by atoms with E-state index in [0.717, 1.165) is 21.9 Å². The molecule has 4 aromatic carbocycles. The fourth-order valence-corrected chi connectivity index (χ4v) is 6.64. The van der Waals surface area contributed by atoms with E-state index in [0.29, 0.717) is 0 Å². The highest BCUT2D eigenvalue weighted by Crippen LogP contribution is 2.54. The first-order chi connectivity index (χ1) is 19.0. The molecule has 0 amide bonds. The van der Waals surface area contributed by atoms with Gasteiger partial charge in [0.25, 0.3) is 0 Å². The Morgan fingerprint density at radius 1 is 0.744 bits per heavy atom. The van der Waals surface area contributed by atoms with E-state index >= 15 is 0 Å². The molecule has 0 bridgehead atoms. The molecule has 1 aliphatic rings. The van der Waals surface area contributed by atoms with Gasteiger partial charge >= 0.3 is 0 Å². The minimum atomic E-state index is -0.157. The maximum Gasteiger partial charge on any atom is 0.129 e. The zero-order valence-electron chi connectivity index (χ0n) is 21.7. The minimum Gasteiger partial charge on any atom is -0.310 e. The van der Waals surface area contributed by atoms with Crippen LogP contribution in [0.1, 0.15) is 29.9 Å². The van der Waals surface area contributed by atoms with Gasteiger partial charge in [-0.3, -0.25) is 0 Å². The van der Waals surface area contributed by atoms with Gasteiger partial charge in [-0.05, 0) is 82.1 Å². The van der Waals surface area contributed by atoms with Crippen molar-refractivity contribution in [2.24, 2.45) is 0 Å². The highest BCUT2D eigenvalue weighted by Gasteiger charge is 2.37. The van der Waals surface area contributed by atoms with Crippen LogP contribution in [0.15, 0.2) is 115 Å². The molecule has 0 unspecified atom stereocenters. The topological polar surface area (TPSA) is 50.8 Å². The predicted octanol–water partition coefficient (Wildman–Crippen LogP) is 9.66. The van der Waals surface area contributed by atoms with Crippen LogP contribution in [0.5, 0.6) is 0 Å². The number of thiophene rings is 1. The molecule has 5 aromatic rings. The third kappa shape index (κ3) is 4.32. The molecule has 6 rings (SSSR count). The zero-order chi connectivity index (χ0) is 27.0. The third-order valence-electron chi connectivity index (χ3n) is 7.37. The predicted molar refractivity (Wildman–Crippen MR) is 162 cm³/mol. The molecule has 0 saturated carbocycles. The summed E-state index contributed by atoms with van der Waals surface area (Å²) in [6, 6.07) is 38.5. The van der Waals surface area contributed by atoms with Crippen LogP contribution in [0, 0.1) is 22.7 Å². The third-order valence-corrected chi connectivity index (χ3v) is 8.51. The Hall–Kier alpha value is -4.90. The second-order valence-corrected chi connectivity index (χ2v) is 11.2. The van der Waals surface area contributed by atoms with E-state index in [4.69, 9.17) is 10.5 Å². The highest BCUT2D eigenvalue weighted by atomic mass is 32.1. The maximum atomic E-state index is 8.97. The van der Waals surface area contributed by atoms with Gasteiger partial charge in [-0.2, -0.15) is 10.5 Å². The fraction of sp³-hybridized carbons (Fsp3) is 0.0857.